The molecule has 1 unspecified atom stereocenters. The van der Waals surface area contributed by atoms with Crippen LogP contribution in [0.15, 0.2) is 6.33 Å². The zero-order chi connectivity index (χ0) is 12.8. The summed E-state index contributed by atoms with van der Waals surface area (Å²) < 4.78 is 1.87. The summed E-state index contributed by atoms with van der Waals surface area (Å²) in [7, 11) is 1.90. The first kappa shape index (κ1) is 13.4. The van der Waals surface area contributed by atoms with Crippen LogP contribution in [0.4, 0.5) is 0 Å². The number of carbonyl (C=O) groups excluding carboxylic acids is 1. The van der Waals surface area contributed by atoms with Crippen LogP contribution in [-0.4, -0.2) is 51.3 Å². The molecule has 0 bridgehead atoms. The predicted octanol–water partition coefficient (Wildman–Crippen LogP) is -0.431. The molecule has 0 radical (unpaired) electrons. The van der Waals surface area contributed by atoms with Crippen molar-refractivity contribution in [2.24, 2.45) is 7.05 Å². The number of amides is 1. The largest absolute Gasteiger partial charge is 0.356 e. The maximum Gasteiger partial charge on any atom is 0.221 e. The Labute approximate surface area is 111 Å². The van der Waals surface area contributed by atoms with Gasteiger partial charge in [0.1, 0.15) is 12.2 Å². The third kappa shape index (κ3) is 3.99. The molecule has 2 rings (SSSR count). The maximum atomic E-state index is 11.7. The van der Waals surface area contributed by atoms with Gasteiger partial charge in [-0.2, -0.15) is 11.8 Å². The van der Waals surface area contributed by atoms with E-state index >= 15 is 0 Å². The molecule has 1 fully saturated rings. The number of hydrogen-bond acceptors (Lipinski definition) is 5. The number of aryl methyl sites for hydroxylation is 1. The standard InChI is InChI=1S/C11H19N5OS/c1-16-8-14-15-10(16)2-3-13-11(17)6-9-7-18-5-4-12-9/h8-9,12H,2-7H2,1H3,(H,13,17). The van der Waals surface area contributed by atoms with Gasteiger partial charge in [-0.05, 0) is 0 Å². The third-order valence-corrected chi connectivity index (χ3v) is 4.04. The molecule has 0 saturated carbocycles. The quantitative estimate of drug-likeness (QED) is 0.759. The molecular weight excluding hydrogens is 250 g/mol. The molecule has 0 aromatic carbocycles. The van der Waals surface area contributed by atoms with Crippen molar-refractivity contribution < 1.29 is 4.79 Å². The summed E-state index contributed by atoms with van der Waals surface area (Å²) in [6.45, 7) is 1.62. The van der Waals surface area contributed by atoms with Gasteiger partial charge in [-0.15, -0.1) is 10.2 Å². The van der Waals surface area contributed by atoms with E-state index in [1.54, 1.807) is 6.33 Å². The normalized spacial score (nSPS) is 19.7. The molecule has 0 spiro atoms. The number of rotatable bonds is 5. The molecule has 6 nitrogen and oxygen atoms in total. The first-order valence-corrected chi connectivity index (χ1v) is 7.32. The summed E-state index contributed by atoms with van der Waals surface area (Å²) in [6.07, 6.45) is 2.95. The first-order valence-electron chi connectivity index (χ1n) is 6.16. The summed E-state index contributed by atoms with van der Waals surface area (Å²) in [5.41, 5.74) is 0. The van der Waals surface area contributed by atoms with Crippen LogP contribution < -0.4 is 10.6 Å². The molecule has 1 aromatic rings. The van der Waals surface area contributed by atoms with E-state index in [-0.39, 0.29) is 5.91 Å². The Hall–Kier alpha value is -1.08. The SMILES string of the molecule is Cn1cnnc1CCNC(=O)CC1CSCCN1. The van der Waals surface area contributed by atoms with Crippen molar-refractivity contribution in [3.05, 3.63) is 12.2 Å². The van der Waals surface area contributed by atoms with Crippen LogP contribution in [0.2, 0.25) is 0 Å². The van der Waals surface area contributed by atoms with Gasteiger partial charge in [0.2, 0.25) is 5.91 Å². The van der Waals surface area contributed by atoms with Gasteiger partial charge in [-0.1, -0.05) is 0 Å². The topological polar surface area (TPSA) is 71.8 Å². The highest BCUT2D eigenvalue weighted by atomic mass is 32.2. The fourth-order valence-electron chi connectivity index (χ4n) is 1.89. The summed E-state index contributed by atoms with van der Waals surface area (Å²) in [5, 5.41) is 14.1. The minimum Gasteiger partial charge on any atom is -0.356 e. The van der Waals surface area contributed by atoms with Gasteiger partial charge in [0, 0.05) is 50.5 Å². The van der Waals surface area contributed by atoms with Crippen LogP contribution in [-0.2, 0) is 18.3 Å². The van der Waals surface area contributed by atoms with Crippen LogP contribution in [0.5, 0.6) is 0 Å². The van der Waals surface area contributed by atoms with Crippen LogP contribution >= 0.6 is 11.8 Å². The van der Waals surface area contributed by atoms with E-state index < -0.39 is 0 Å². The van der Waals surface area contributed by atoms with Crippen molar-refractivity contribution in [1.82, 2.24) is 25.4 Å². The third-order valence-electron chi connectivity index (χ3n) is 2.91. The monoisotopic (exact) mass is 269 g/mol. The number of nitrogens with zero attached hydrogens (tertiary/aromatic N) is 3. The average Bonchev–Trinajstić information content (AvgIpc) is 2.76. The van der Waals surface area contributed by atoms with Gasteiger partial charge < -0.3 is 15.2 Å². The van der Waals surface area contributed by atoms with Crippen molar-refractivity contribution in [1.29, 1.82) is 0 Å². The van der Waals surface area contributed by atoms with Crippen molar-refractivity contribution in [2.45, 2.75) is 18.9 Å². The Bertz CT molecular complexity index is 389. The zero-order valence-electron chi connectivity index (χ0n) is 10.6. The van der Waals surface area contributed by atoms with Crippen LogP contribution in [0.25, 0.3) is 0 Å². The predicted molar refractivity (Wildman–Crippen MR) is 71.4 cm³/mol. The van der Waals surface area contributed by atoms with Gasteiger partial charge in [0.05, 0.1) is 0 Å². The second-order valence-electron chi connectivity index (χ2n) is 4.39. The highest BCUT2D eigenvalue weighted by Gasteiger charge is 2.16. The molecule has 2 N–H and O–H groups in total. The number of carbonyl (C=O) groups is 1. The second-order valence-corrected chi connectivity index (χ2v) is 5.54. The molecular formula is C11H19N5OS. The number of nitrogens with one attached hydrogen (secondary N) is 2. The molecule has 0 aliphatic carbocycles. The maximum absolute atomic E-state index is 11.7. The van der Waals surface area contributed by atoms with Crippen LogP contribution in [0.3, 0.4) is 0 Å². The highest BCUT2D eigenvalue weighted by molar-refractivity contribution is 7.99. The molecule has 1 aromatic heterocycles. The van der Waals surface area contributed by atoms with Crippen molar-refractivity contribution in [3.63, 3.8) is 0 Å². The van der Waals surface area contributed by atoms with E-state index in [1.807, 2.05) is 23.4 Å². The van der Waals surface area contributed by atoms with E-state index in [9.17, 15) is 4.79 Å². The minimum atomic E-state index is 0.108. The molecule has 18 heavy (non-hydrogen) atoms. The molecule has 2 heterocycles. The lowest BCUT2D eigenvalue weighted by Crippen LogP contribution is -2.41. The Kier molecular flexibility index (Phi) is 5.00. The number of aromatic nitrogens is 3. The first-order chi connectivity index (χ1) is 8.75. The van der Waals surface area contributed by atoms with Crippen molar-refractivity contribution in [2.75, 3.05) is 24.6 Å². The summed E-state index contributed by atoms with van der Waals surface area (Å²) in [5.74, 6) is 3.17. The molecule has 1 atom stereocenters. The summed E-state index contributed by atoms with van der Waals surface area (Å²) in [6, 6.07) is 0.318. The molecule has 1 saturated heterocycles. The van der Waals surface area contributed by atoms with Crippen LogP contribution in [0.1, 0.15) is 12.2 Å². The fraction of sp³-hybridized carbons (Fsp3) is 0.727. The average molecular weight is 269 g/mol. The molecule has 7 heteroatoms. The van der Waals surface area contributed by atoms with Gasteiger partial charge in [0.25, 0.3) is 0 Å². The van der Waals surface area contributed by atoms with E-state index in [0.29, 0.717) is 19.0 Å². The van der Waals surface area contributed by atoms with E-state index in [0.717, 1.165) is 30.3 Å². The molecule has 1 aliphatic rings. The summed E-state index contributed by atoms with van der Waals surface area (Å²) in [4.78, 5) is 11.7. The van der Waals surface area contributed by atoms with Crippen molar-refractivity contribution >= 4 is 17.7 Å². The highest BCUT2D eigenvalue weighted by Crippen LogP contribution is 2.09. The number of hydrogen-bond donors (Lipinski definition) is 2. The lowest BCUT2D eigenvalue weighted by molar-refractivity contribution is -0.121. The second kappa shape index (κ2) is 6.75. The molecule has 1 amide bonds. The van der Waals surface area contributed by atoms with Gasteiger partial charge in [-0.3, -0.25) is 4.79 Å². The Morgan fingerprint density at radius 2 is 2.61 bits per heavy atom. The van der Waals surface area contributed by atoms with E-state index in [4.69, 9.17) is 0 Å². The Balaban J connectivity index is 1.64. The molecule has 100 valence electrons. The Morgan fingerprint density at radius 3 is 3.28 bits per heavy atom. The van der Waals surface area contributed by atoms with E-state index in [1.165, 1.54) is 0 Å². The van der Waals surface area contributed by atoms with Gasteiger partial charge in [-0.25, -0.2) is 0 Å². The Morgan fingerprint density at radius 1 is 1.72 bits per heavy atom. The molecule has 1 aliphatic heterocycles. The zero-order valence-corrected chi connectivity index (χ0v) is 11.4. The van der Waals surface area contributed by atoms with Crippen LogP contribution in [0, 0.1) is 0 Å². The fourth-order valence-corrected chi connectivity index (χ4v) is 2.84. The van der Waals surface area contributed by atoms with Gasteiger partial charge in [0.15, 0.2) is 0 Å². The van der Waals surface area contributed by atoms with Gasteiger partial charge >= 0.3 is 0 Å². The minimum absolute atomic E-state index is 0.108. The van der Waals surface area contributed by atoms with E-state index in [2.05, 4.69) is 20.8 Å². The van der Waals surface area contributed by atoms with Crippen molar-refractivity contribution in [3.8, 4) is 0 Å². The summed E-state index contributed by atoms with van der Waals surface area (Å²) >= 11 is 1.90. The lowest BCUT2D eigenvalue weighted by Gasteiger charge is -2.22. The lowest BCUT2D eigenvalue weighted by atomic mass is 10.2. The smallest absolute Gasteiger partial charge is 0.221 e. The number of thioether (sulfide) groups is 1.